The molecule has 0 radical (unpaired) electrons. The third kappa shape index (κ3) is 2.98. The van der Waals surface area contributed by atoms with Crippen molar-refractivity contribution in [1.82, 2.24) is 9.97 Å². The molecule has 7 heteroatoms. The highest BCUT2D eigenvalue weighted by molar-refractivity contribution is 7.99. The van der Waals surface area contributed by atoms with Gasteiger partial charge in [0, 0.05) is 4.88 Å². The predicted octanol–water partition coefficient (Wildman–Crippen LogP) is 3.56. The molecule has 0 atom stereocenters. The van der Waals surface area contributed by atoms with Crippen LogP contribution in [0.1, 0.15) is 36.6 Å². The molecule has 2 aromatic heterocycles. The number of urea groups is 1. The van der Waals surface area contributed by atoms with Crippen molar-refractivity contribution >= 4 is 45.2 Å². The molecular weight excluding hydrogens is 304 g/mol. The van der Waals surface area contributed by atoms with Crippen LogP contribution in [0.5, 0.6) is 0 Å². The first-order valence-electron chi connectivity index (χ1n) is 7.20. The zero-order valence-corrected chi connectivity index (χ0v) is 13.6. The molecule has 0 aromatic carbocycles. The summed E-state index contributed by atoms with van der Waals surface area (Å²) in [6.45, 7) is 2.06. The van der Waals surface area contributed by atoms with Crippen LogP contribution in [-0.2, 0) is 12.8 Å². The Morgan fingerprint density at radius 3 is 2.90 bits per heavy atom. The Morgan fingerprint density at radius 1 is 1.33 bits per heavy atom. The summed E-state index contributed by atoms with van der Waals surface area (Å²) in [7, 11) is 0. The topological polar surface area (TPSA) is 80.9 Å². The number of nitrogens with one attached hydrogen (secondary N) is 1. The molecule has 0 saturated heterocycles. The number of carbonyl (C=O) groups excluding carboxylic acids is 1. The van der Waals surface area contributed by atoms with Crippen molar-refractivity contribution < 1.29 is 4.79 Å². The van der Waals surface area contributed by atoms with E-state index >= 15 is 0 Å². The Kier molecular flexibility index (Phi) is 4.30. The van der Waals surface area contributed by atoms with E-state index in [-0.39, 0.29) is 0 Å². The summed E-state index contributed by atoms with van der Waals surface area (Å²) in [6, 6.07) is -0.573. The number of nitrogens with two attached hydrogens (primary N) is 1. The standard InChI is InChI=1S/C14H18N4OS2/c1-2-20-14-17-11(16-13(15)19)10-8-6-4-3-5-7-9(8)21-12(10)18-14/h2-7H2,1H3,(H3,15,16,17,18,19). The van der Waals surface area contributed by atoms with Crippen LogP contribution >= 0.6 is 23.1 Å². The average molecular weight is 322 g/mol. The van der Waals surface area contributed by atoms with E-state index in [1.165, 1.54) is 29.7 Å². The van der Waals surface area contributed by atoms with Gasteiger partial charge < -0.3 is 5.73 Å². The van der Waals surface area contributed by atoms with E-state index in [4.69, 9.17) is 5.73 Å². The second-order valence-electron chi connectivity index (χ2n) is 5.02. The zero-order chi connectivity index (χ0) is 14.8. The van der Waals surface area contributed by atoms with Crippen LogP contribution in [0.15, 0.2) is 5.16 Å². The number of hydrogen-bond acceptors (Lipinski definition) is 5. The summed E-state index contributed by atoms with van der Waals surface area (Å²) >= 11 is 3.31. The molecule has 2 heterocycles. The summed E-state index contributed by atoms with van der Waals surface area (Å²) in [4.78, 5) is 22.8. The van der Waals surface area contributed by atoms with E-state index in [1.807, 2.05) is 0 Å². The summed E-state index contributed by atoms with van der Waals surface area (Å²) in [5.41, 5.74) is 6.61. The highest BCUT2D eigenvalue weighted by Crippen LogP contribution is 2.38. The molecule has 0 spiro atoms. The van der Waals surface area contributed by atoms with Gasteiger partial charge in [0.25, 0.3) is 0 Å². The molecule has 21 heavy (non-hydrogen) atoms. The second kappa shape index (κ2) is 6.19. The smallest absolute Gasteiger partial charge is 0.317 e. The first-order valence-corrected chi connectivity index (χ1v) is 9.00. The number of fused-ring (bicyclic) bond motifs is 3. The zero-order valence-electron chi connectivity index (χ0n) is 11.9. The normalized spacial score (nSPS) is 14.7. The largest absolute Gasteiger partial charge is 0.351 e. The molecule has 3 N–H and O–H groups in total. The number of amides is 2. The fraction of sp³-hybridized carbons (Fsp3) is 0.500. The third-order valence-corrected chi connectivity index (χ3v) is 5.47. The summed E-state index contributed by atoms with van der Waals surface area (Å²) in [5, 5.41) is 4.38. The van der Waals surface area contributed by atoms with Crippen molar-refractivity contribution in [3.63, 3.8) is 0 Å². The number of primary amides is 1. The molecule has 2 aromatic rings. The molecule has 3 rings (SSSR count). The quantitative estimate of drug-likeness (QED) is 0.514. The molecule has 0 unspecified atom stereocenters. The van der Waals surface area contributed by atoms with Gasteiger partial charge in [0.2, 0.25) is 0 Å². The molecule has 1 aliphatic rings. The van der Waals surface area contributed by atoms with Crippen molar-refractivity contribution in [2.24, 2.45) is 5.73 Å². The van der Waals surface area contributed by atoms with Crippen molar-refractivity contribution in [3.8, 4) is 0 Å². The summed E-state index contributed by atoms with van der Waals surface area (Å²) in [6.07, 6.45) is 5.80. The number of anilines is 1. The maximum absolute atomic E-state index is 11.3. The van der Waals surface area contributed by atoms with Gasteiger partial charge in [0.1, 0.15) is 10.6 Å². The van der Waals surface area contributed by atoms with Crippen LogP contribution in [0.3, 0.4) is 0 Å². The van der Waals surface area contributed by atoms with E-state index in [0.29, 0.717) is 11.0 Å². The molecule has 0 fully saturated rings. The number of nitrogens with zero attached hydrogens (tertiary/aromatic N) is 2. The summed E-state index contributed by atoms with van der Waals surface area (Å²) < 4.78 is 0. The SMILES string of the molecule is CCSc1nc(NC(N)=O)c2c3c(sc2n1)CCCCC3. The van der Waals surface area contributed by atoms with Gasteiger partial charge in [-0.3, -0.25) is 5.32 Å². The van der Waals surface area contributed by atoms with Crippen molar-refractivity contribution in [1.29, 1.82) is 0 Å². The Hall–Kier alpha value is -1.34. The molecule has 2 amide bonds. The van der Waals surface area contributed by atoms with E-state index in [2.05, 4.69) is 22.2 Å². The van der Waals surface area contributed by atoms with Crippen LogP contribution in [-0.4, -0.2) is 21.8 Å². The lowest BCUT2D eigenvalue weighted by Crippen LogP contribution is -2.20. The maximum atomic E-state index is 11.3. The Bertz CT molecular complexity index is 683. The average Bonchev–Trinajstić information content (AvgIpc) is 2.61. The maximum Gasteiger partial charge on any atom is 0.317 e. The molecule has 1 aliphatic carbocycles. The van der Waals surface area contributed by atoms with Gasteiger partial charge in [-0.1, -0.05) is 25.1 Å². The fourth-order valence-electron chi connectivity index (χ4n) is 2.72. The van der Waals surface area contributed by atoms with Gasteiger partial charge in [-0.2, -0.15) is 0 Å². The second-order valence-corrected chi connectivity index (χ2v) is 7.34. The minimum absolute atomic E-state index is 0.572. The van der Waals surface area contributed by atoms with Crippen molar-refractivity contribution in [3.05, 3.63) is 10.4 Å². The summed E-state index contributed by atoms with van der Waals surface area (Å²) in [5.74, 6) is 1.47. The number of thiophene rings is 1. The number of hydrogen-bond donors (Lipinski definition) is 2. The fourth-order valence-corrected chi connectivity index (χ4v) is 4.60. The number of aryl methyl sites for hydroxylation is 2. The predicted molar refractivity (Wildman–Crippen MR) is 88.3 cm³/mol. The third-order valence-electron chi connectivity index (χ3n) is 3.56. The van der Waals surface area contributed by atoms with Crippen LogP contribution in [0.25, 0.3) is 10.2 Å². The number of rotatable bonds is 3. The van der Waals surface area contributed by atoms with Gasteiger partial charge in [-0.05, 0) is 37.0 Å². The number of aromatic nitrogens is 2. The lowest BCUT2D eigenvalue weighted by molar-refractivity contribution is 0.259. The minimum Gasteiger partial charge on any atom is -0.351 e. The van der Waals surface area contributed by atoms with Gasteiger partial charge in [0.15, 0.2) is 5.16 Å². The first kappa shape index (κ1) is 14.6. The van der Waals surface area contributed by atoms with Crippen molar-refractivity contribution in [2.45, 2.75) is 44.2 Å². The van der Waals surface area contributed by atoms with Crippen LogP contribution < -0.4 is 11.1 Å². The Balaban J connectivity index is 2.18. The lowest BCUT2D eigenvalue weighted by atomic mass is 10.1. The van der Waals surface area contributed by atoms with Gasteiger partial charge in [0.05, 0.1) is 5.39 Å². The number of carbonyl (C=O) groups is 1. The molecule has 112 valence electrons. The van der Waals surface area contributed by atoms with Gasteiger partial charge in [-0.25, -0.2) is 14.8 Å². The molecular formula is C14H18N4OS2. The van der Waals surface area contributed by atoms with E-state index < -0.39 is 6.03 Å². The monoisotopic (exact) mass is 322 g/mol. The highest BCUT2D eigenvalue weighted by atomic mass is 32.2. The van der Waals surface area contributed by atoms with Gasteiger partial charge in [-0.15, -0.1) is 11.3 Å². The molecule has 0 saturated carbocycles. The highest BCUT2D eigenvalue weighted by Gasteiger charge is 2.20. The van der Waals surface area contributed by atoms with Crippen LogP contribution in [0.2, 0.25) is 0 Å². The van der Waals surface area contributed by atoms with Gasteiger partial charge >= 0.3 is 6.03 Å². The van der Waals surface area contributed by atoms with Crippen LogP contribution in [0, 0.1) is 0 Å². The molecule has 5 nitrogen and oxygen atoms in total. The first-order chi connectivity index (χ1) is 10.2. The van der Waals surface area contributed by atoms with E-state index in [0.717, 1.165) is 28.8 Å². The van der Waals surface area contributed by atoms with Crippen molar-refractivity contribution in [2.75, 3.05) is 11.1 Å². The minimum atomic E-state index is -0.573. The van der Waals surface area contributed by atoms with E-state index in [1.54, 1.807) is 23.1 Å². The molecule has 0 aliphatic heterocycles. The Morgan fingerprint density at radius 2 is 2.14 bits per heavy atom. The van der Waals surface area contributed by atoms with Crippen LogP contribution in [0.4, 0.5) is 10.6 Å². The van der Waals surface area contributed by atoms with E-state index in [9.17, 15) is 4.79 Å². The molecule has 0 bridgehead atoms. The number of thioether (sulfide) groups is 1. The lowest BCUT2D eigenvalue weighted by Gasteiger charge is -2.07. The Labute approximate surface area is 131 Å².